The molecule has 0 bridgehead atoms. The number of hydrogen-bond acceptors (Lipinski definition) is 1. The van der Waals surface area contributed by atoms with Gasteiger partial charge >= 0.3 is 0 Å². The van der Waals surface area contributed by atoms with Crippen molar-refractivity contribution in [2.45, 2.75) is 40.7 Å². The van der Waals surface area contributed by atoms with E-state index in [-0.39, 0.29) is 20.4 Å². The number of hydrogen-bond donors (Lipinski definition) is 0. The van der Waals surface area contributed by atoms with Crippen molar-refractivity contribution >= 4 is 0 Å². The molecule has 0 fully saturated rings. The van der Waals surface area contributed by atoms with Crippen LogP contribution in [0.5, 0.6) is 0 Å². The van der Waals surface area contributed by atoms with Crippen LogP contribution in [0.25, 0.3) is 11.1 Å². The Hall–Kier alpha value is -0.908. The Morgan fingerprint density at radius 1 is 1.11 bits per heavy atom. The molecular weight excluding hydrogens is 315 g/mol. The second-order valence-corrected chi connectivity index (χ2v) is 4.95. The predicted molar refractivity (Wildman–Crippen MR) is 72.3 cm³/mol. The van der Waals surface area contributed by atoms with Crippen LogP contribution in [0.15, 0.2) is 24.3 Å². The number of aromatic nitrogens is 2. The Kier molecular flexibility index (Phi) is 4.90. The third-order valence-corrected chi connectivity index (χ3v) is 3.12. The second-order valence-electron chi connectivity index (χ2n) is 4.95. The van der Waals surface area contributed by atoms with Crippen molar-refractivity contribution in [3.8, 4) is 11.1 Å². The van der Waals surface area contributed by atoms with E-state index in [9.17, 15) is 0 Å². The number of aryl methyl sites for hydroxylation is 2. The molecule has 1 heterocycles. The summed E-state index contributed by atoms with van der Waals surface area (Å²) in [5.41, 5.74) is 6.21. The van der Waals surface area contributed by atoms with Crippen molar-refractivity contribution in [3.63, 3.8) is 0 Å². The van der Waals surface area contributed by atoms with Crippen molar-refractivity contribution < 1.29 is 20.4 Å². The van der Waals surface area contributed by atoms with E-state index in [4.69, 9.17) is 0 Å². The first kappa shape index (κ1) is 15.2. The first-order chi connectivity index (χ1) is 8.00. The van der Waals surface area contributed by atoms with Crippen LogP contribution in [-0.2, 0) is 20.4 Å². The van der Waals surface area contributed by atoms with Gasteiger partial charge in [-0.15, -0.1) is 0 Å². The van der Waals surface area contributed by atoms with E-state index >= 15 is 0 Å². The van der Waals surface area contributed by atoms with E-state index in [1.165, 1.54) is 22.4 Å². The van der Waals surface area contributed by atoms with Gasteiger partial charge in [0.25, 0.3) is 0 Å². The molecule has 0 N–H and O–H groups in total. The Labute approximate surface area is 123 Å². The van der Waals surface area contributed by atoms with Gasteiger partial charge in [-0.25, -0.2) is 0 Å². The zero-order chi connectivity index (χ0) is 12.6. The fourth-order valence-electron chi connectivity index (χ4n) is 2.38. The first-order valence-electron chi connectivity index (χ1n) is 6.13. The van der Waals surface area contributed by atoms with Gasteiger partial charge in [0.05, 0.1) is 5.69 Å². The second kappa shape index (κ2) is 5.82. The molecule has 18 heavy (non-hydrogen) atoms. The number of rotatable bonds is 2. The molecule has 1 aromatic heterocycles. The van der Waals surface area contributed by atoms with Gasteiger partial charge in [-0.2, -0.15) is 5.10 Å². The van der Waals surface area contributed by atoms with Gasteiger partial charge in [-0.1, -0.05) is 29.8 Å². The van der Waals surface area contributed by atoms with Gasteiger partial charge in [0.15, 0.2) is 0 Å². The maximum absolute atomic E-state index is 4.63. The molecule has 0 saturated heterocycles. The molecule has 2 nitrogen and oxygen atoms in total. The van der Waals surface area contributed by atoms with E-state index in [1.807, 2.05) is 0 Å². The molecule has 0 saturated carbocycles. The minimum atomic E-state index is 0. The number of benzene rings is 1. The normalized spacial score (nSPS) is 10.6. The molecule has 0 unspecified atom stereocenters. The van der Waals surface area contributed by atoms with Crippen molar-refractivity contribution in [2.24, 2.45) is 0 Å². The minimum Gasteiger partial charge on any atom is -0.266 e. The summed E-state index contributed by atoms with van der Waals surface area (Å²) >= 11 is 0. The van der Waals surface area contributed by atoms with E-state index in [0.29, 0.717) is 6.04 Å². The standard InChI is InChI=1S/C15H20N2.Pd/c1-10(2)17-13(5)15(12(4)16-17)14-8-6-7-11(3)9-14;/h6-10H,1-5H3;. The van der Waals surface area contributed by atoms with Crippen LogP contribution >= 0.6 is 0 Å². The average Bonchev–Trinajstić information content (AvgIpc) is 2.54. The fraction of sp³-hybridized carbons (Fsp3) is 0.400. The molecule has 0 spiro atoms. The quantitative estimate of drug-likeness (QED) is 0.757. The molecule has 3 heteroatoms. The van der Waals surface area contributed by atoms with Crippen LogP contribution in [0, 0.1) is 20.8 Å². The summed E-state index contributed by atoms with van der Waals surface area (Å²) in [5, 5.41) is 4.63. The summed E-state index contributed by atoms with van der Waals surface area (Å²) in [6, 6.07) is 9.03. The Morgan fingerprint density at radius 2 is 1.78 bits per heavy atom. The zero-order valence-electron chi connectivity index (χ0n) is 11.6. The van der Waals surface area contributed by atoms with Crippen LogP contribution in [0.4, 0.5) is 0 Å². The third-order valence-electron chi connectivity index (χ3n) is 3.12. The van der Waals surface area contributed by atoms with Crippen molar-refractivity contribution in [3.05, 3.63) is 41.2 Å². The average molecular weight is 335 g/mol. The topological polar surface area (TPSA) is 17.8 Å². The first-order valence-corrected chi connectivity index (χ1v) is 6.13. The van der Waals surface area contributed by atoms with Crippen LogP contribution in [0.2, 0.25) is 0 Å². The fourth-order valence-corrected chi connectivity index (χ4v) is 2.38. The van der Waals surface area contributed by atoms with Gasteiger partial charge in [-0.3, -0.25) is 4.68 Å². The van der Waals surface area contributed by atoms with Crippen molar-refractivity contribution in [1.29, 1.82) is 0 Å². The Balaban J connectivity index is 0.00000162. The van der Waals surface area contributed by atoms with Crippen LogP contribution in [-0.4, -0.2) is 9.78 Å². The predicted octanol–water partition coefficient (Wildman–Crippen LogP) is 4.05. The zero-order valence-corrected chi connectivity index (χ0v) is 13.2. The summed E-state index contributed by atoms with van der Waals surface area (Å²) in [6.07, 6.45) is 0. The van der Waals surface area contributed by atoms with Gasteiger partial charge in [0.1, 0.15) is 0 Å². The SMILES string of the molecule is Cc1cccc(-c2c(C)nn(C(C)C)c2C)c1.[Pd]. The molecular formula is C15H20N2Pd. The summed E-state index contributed by atoms with van der Waals surface area (Å²) in [4.78, 5) is 0. The van der Waals surface area contributed by atoms with Crippen LogP contribution in [0.1, 0.15) is 36.8 Å². The maximum atomic E-state index is 4.63. The van der Waals surface area contributed by atoms with Gasteiger partial charge in [-0.05, 0) is 40.2 Å². The molecule has 0 aliphatic heterocycles. The van der Waals surface area contributed by atoms with E-state index in [1.54, 1.807) is 0 Å². The third kappa shape index (κ3) is 2.74. The molecule has 0 aliphatic carbocycles. The van der Waals surface area contributed by atoms with E-state index < -0.39 is 0 Å². The molecule has 0 radical (unpaired) electrons. The smallest absolute Gasteiger partial charge is 0.0675 e. The van der Waals surface area contributed by atoms with Crippen LogP contribution < -0.4 is 0 Å². The van der Waals surface area contributed by atoms with Crippen molar-refractivity contribution in [1.82, 2.24) is 9.78 Å². The van der Waals surface area contributed by atoms with Gasteiger partial charge in [0.2, 0.25) is 0 Å². The Bertz CT molecular complexity index is 541. The number of nitrogens with zero attached hydrogens (tertiary/aromatic N) is 2. The van der Waals surface area contributed by atoms with E-state index in [2.05, 4.69) is 68.7 Å². The monoisotopic (exact) mass is 334 g/mol. The molecule has 0 aliphatic rings. The molecule has 0 amide bonds. The molecule has 100 valence electrons. The van der Waals surface area contributed by atoms with Crippen LogP contribution in [0.3, 0.4) is 0 Å². The van der Waals surface area contributed by atoms with Gasteiger partial charge in [0, 0.05) is 37.7 Å². The summed E-state index contributed by atoms with van der Waals surface area (Å²) in [6.45, 7) is 10.7. The molecule has 1 aromatic carbocycles. The van der Waals surface area contributed by atoms with Gasteiger partial charge < -0.3 is 0 Å². The molecule has 2 aromatic rings. The molecule has 0 atom stereocenters. The largest absolute Gasteiger partial charge is 0.266 e. The molecule has 2 rings (SSSR count). The summed E-state index contributed by atoms with van der Waals surface area (Å²) < 4.78 is 2.10. The summed E-state index contributed by atoms with van der Waals surface area (Å²) in [5.74, 6) is 0. The maximum Gasteiger partial charge on any atom is 0.0675 e. The van der Waals surface area contributed by atoms with Crippen molar-refractivity contribution in [2.75, 3.05) is 0 Å². The summed E-state index contributed by atoms with van der Waals surface area (Å²) in [7, 11) is 0. The van der Waals surface area contributed by atoms with E-state index in [0.717, 1.165) is 5.69 Å². The Morgan fingerprint density at radius 3 is 2.28 bits per heavy atom. The minimum absolute atomic E-state index is 0.